The molecule has 0 heterocycles. The highest BCUT2D eigenvalue weighted by Gasteiger charge is 2.43. The van der Waals surface area contributed by atoms with Crippen LogP contribution >= 0.6 is 0 Å². The molecule has 0 spiro atoms. The highest BCUT2D eigenvalue weighted by atomic mass is 19.1. The molecule has 1 saturated carbocycles. The van der Waals surface area contributed by atoms with E-state index in [-0.39, 0.29) is 17.0 Å². The van der Waals surface area contributed by atoms with Crippen molar-refractivity contribution in [2.24, 2.45) is 5.41 Å². The Morgan fingerprint density at radius 3 is 2.76 bits per heavy atom. The minimum Gasteiger partial charge on any atom is -0.392 e. The predicted molar refractivity (Wildman–Crippen MR) is 80.0 cm³/mol. The first-order valence-electron chi connectivity index (χ1n) is 7.38. The molecule has 0 aliphatic heterocycles. The van der Waals surface area contributed by atoms with Crippen LogP contribution < -0.4 is 0 Å². The van der Waals surface area contributed by atoms with E-state index in [1.807, 2.05) is 13.0 Å². The monoisotopic (exact) mass is 286 g/mol. The summed E-state index contributed by atoms with van der Waals surface area (Å²) < 4.78 is 12.9. The minimum absolute atomic E-state index is 0.0147. The van der Waals surface area contributed by atoms with E-state index in [1.165, 1.54) is 12.1 Å². The maximum Gasteiger partial charge on any atom is 0.181 e. The van der Waals surface area contributed by atoms with Crippen LogP contribution in [0.3, 0.4) is 0 Å². The molecular formula is C18H19FO2. The van der Waals surface area contributed by atoms with Gasteiger partial charge in [0.25, 0.3) is 0 Å². The maximum absolute atomic E-state index is 12.9. The van der Waals surface area contributed by atoms with Gasteiger partial charge in [-0.25, -0.2) is 4.39 Å². The summed E-state index contributed by atoms with van der Waals surface area (Å²) in [7, 11) is 0. The van der Waals surface area contributed by atoms with Crippen LogP contribution in [0.4, 0.5) is 4.39 Å². The number of carbonyl (C=O) groups is 1. The van der Waals surface area contributed by atoms with E-state index in [4.69, 9.17) is 0 Å². The van der Waals surface area contributed by atoms with Crippen LogP contribution in [0.2, 0.25) is 0 Å². The Kier molecular flexibility index (Phi) is 3.54. The summed E-state index contributed by atoms with van der Waals surface area (Å²) in [5.41, 5.74) is 2.24. The minimum atomic E-state index is -0.401. The van der Waals surface area contributed by atoms with Crippen molar-refractivity contribution in [3.8, 4) is 0 Å². The number of hydrogen-bond acceptors (Lipinski definition) is 2. The molecule has 0 amide bonds. The average molecular weight is 286 g/mol. The molecule has 2 nitrogen and oxygen atoms in total. The van der Waals surface area contributed by atoms with Gasteiger partial charge in [0.1, 0.15) is 5.82 Å². The van der Waals surface area contributed by atoms with Gasteiger partial charge in [-0.3, -0.25) is 4.79 Å². The van der Waals surface area contributed by atoms with Gasteiger partial charge in [0.15, 0.2) is 5.78 Å². The van der Waals surface area contributed by atoms with Crippen molar-refractivity contribution in [3.63, 3.8) is 0 Å². The Morgan fingerprint density at radius 2 is 2.05 bits per heavy atom. The molecule has 3 heteroatoms. The summed E-state index contributed by atoms with van der Waals surface area (Å²) in [4.78, 5) is 12.3. The van der Waals surface area contributed by atoms with Crippen LogP contribution in [0.5, 0.6) is 0 Å². The van der Waals surface area contributed by atoms with Gasteiger partial charge in [-0.05, 0) is 55.5 Å². The van der Waals surface area contributed by atoms with Crippen LogP contribution in [0.1, 0.15) is 38.2 Å². The quantitative estimate of drug-likeness (QED) is 0.800. The number of halogens is 1. The van der Waals surface area contributed by atoms with Crippen LogP contribution in [0.15, 0.2) is 41.5 Å². The number of carbonyl (C=O) groups excluding carboxylic acids is 1. The lowest BCUT2D eigenvalue weighted by Gasteiger charge is -2.43. The first kappa shape index (κ1) is 14.2. The zero-order valence-corrected chi connectivity index (χ0v) is 12.1. The molecule has 0 saturated heterocycles. The molecule has 2 atom stereocenters. The fourth-order valence-electron chi connectivity index (χ4n) is 3.39. The van der Waals surface area contributed by atoms with Crippen LogP contribution in [0.25, 0.3) is 6.08 Å². The Balaban J connectivity index is 1.96. The zero-order valence-electron chi connectivity index (χ0n) is 12.1. The smallest absolute Gasteiger partial charge is 0.181 e. The third kappa shape index (κ3) is 2.58. The zero-order chi connectivity index (χ0) is 15.0. The topological polar surface area (TPSA) is 37.3 Å². The van der Waals surface area contributed by atoms with E-state index in [2.05, 4.69) is 0 Å². The highest BCUT2D eigenvalue weighted by Crippen LogP contribution is 2.48. The number of allylic oxidation sites excluding steroid dienone is 2. The molecule has 0 aromatic heterocycles. The molecular weight excluding hydrogens is 267 g/mol. The second kappa shape index (κ2) is 5.23. The molecule has 0 bridgehead atoms. The molecule has 3 rings (SSSR count). The van der Waals surface area contributed by atoms with Crippen molar-refractivity contribution in [3.05, 3.63) is 52.9 Å². The van der Waals surface area contributed by atoms with E-state index in [9.17, 15) is 14.3 Å². The lowest BCUT2D eigenvalue weighted by atomic mass is 9.63. The lowest BCUT2D eigenvalue weighted by Crippen LogP contribution is -2.40. The van der Waals surface area contributed by atoms with E-state index in [0.29, 0.717) is 12.0 Å². The van der Waals surface area contributed by atoms with Crippen molar-refractivity contribution in [1.29, 1.82) is 0 Å². The van der Waals surface area contributed by atoms with Gasteiger partial charge in [-0.15, -0.1) is 0 Å². The summed E-state index contributed by atoms with van der Waals surface area (Å²) in [6.07, 6.45) is 6.27. The van der Waals surface area contributed by atoms with Crippen molar-refractivity contribution < 1.29 is 14.3 Å². The molecule has 21 heavy (non-hydrogen) atoms. The molecule has 1 fully saturated rings. The molecule has 1 aromatic carbocycles. The molecule has 2 aliphatic carbocycles. The van der Waals surface area contributed by atoms with Crippen LogP contribution in [0, 0.1) is 11.2 Å². The average Bonchev–Trinajstić information content (AvgIpc) is 2.45. The first-order chi connectivity index (χ1) is 9.99. The number of benzene rings is 1. The van der Waals surface area contributed by atoms with Crippen LogP contribution in [-0.2, 0) is 4.79 Å². The normalized spacial score (nSPS) is 31.0. The number of ketones is 1. The van der Waals surface area contributed by atoms with Gasteiger partial charge in [0, 0.05) is 11.0 Å². The van der Waals surface area contributed by atoms with Crippen molar-refractivity contribution in [2.45, 2.75) is 38.7 Å². The standard InChI is InChI=1S/C18H19FO2/c1-18-11-13(9-12-5-7-15(19)8-6-12)16(20)10-14(18)3-2-4-17(18)21/h5-10,17,21H,2-4,11H2,1H3/t17-,18-/m0/s1. The van der Waals surface area contributed by atoms with Gasteiger partial charge in [-0.1, -0.05) is 24.6 Å². The number of hydrogen-bond donors (Lipinski definition) is 1. The Morgan fingerprint density at radius 1 is 1.33 bits per heavy atom. The molecule has 110 valence electrons. The van der Waals surface area contributed by atoms with Crippen molar-refractivity contribution in [2.75, 3.05) is 0 Å². The number of aliphatic hydroxyl groups excluding tert-OH is 1. The number of fused-ring (bicyclic) bond motifs is 1. The summed E-state index contributed by atoms with van der Waals surface area (Å²) in [6.45, 7) is 2.04. The molecule has 0 unspecified atom stereocenters. The lowest BCUT2D eigenvalue weighted by molar-refractivity contribution is -0.112. The SMILES string of the molecule is C[C@]12CC(=Cc3ccc(F)cc3)C(=O)C=C1CCC[C@@H]2O. The van der Waals surface area contributed by atoms with Gasteiger partial charge in [-0.2, -0.15) is 0 Å². The molecule has 1 N–H and O–H groups in total. The van der Waals surface area contributed by atoms with Gasteiger partial charge in [0.2, 0.25) is 0 Å². The third-order valence-corrected chi connectivity index (χ3v) is 4.78. The van der Waals surface area contributed by atoms with Crippen LogP contribution in [-0.4, -0.2) is 17.0 Å². The third-order valence-electron chi connectivity index (χ3n) is 4.78. The van der Waals surface area contributed by atoms with Gasteiger partial charge in [0.05, 0.1) is 6.10 Å². The fraction of sp³-hybridized carbons (Fsp3) is 0.389. The summed E-state index contributed by atoms with van der Waals surface area (Å²) in [5.74, 6) is -0.273. The Hall–Kier alpha value is -1.74. The second-order valence-electron chi connectivity index (χ2n) is 6.26. The van der Waals surface area contributed by atoms with E-state index < -0.39 is 6.10 Å². The van der Waals surface area contributed by atoms with E-state index in [0.717, 1.165) is 30.4 Å². The predicted octanol–water partition coefficient (Wildman–Crippen LogP) is 3.66. The van der Waals surface area contributed by atoms with E-state index in [1.54, 1.807) is 18.2 Å². The van der Waals surface area contributed by atoms with Gasteiger partial charge >= 0.3 is 0 Å². The summed E-state index contributed by atoms with van der Waals surface area (Å²) in [6, 6.07) is 6.10. The number of rotatable bonds is 1. The van der Waals surface area contributed by atoms with Gasteiger partial charge < -0.3 is 5.11 Å². The van der Waals surface area contributed by atoms with E-state index >= 15 is 0 Å². The molecule has 1 aromatic rings. The molecule has 0 radical (unpaired) electrons. The Labute approximate surface area is 124 Å². The Bertz CT molecular complexity index is 627. The maximum atomic E-state index is 12.9. The largest absolute Gasteiger partial charge is 0.392 e. The van der Waals surface area contributed by atoms with Crippen molar-refractivity contribution in [1.82, 2.24) is 0 Å². The summed E-state index contributed by atoms with van der Waals surface area (Å²) >= 11 is 0. The first-order valence-corrected chi connectivity index (χ1v) is 7.38. The molecule has 2 aliphatic rings. The summed E-state index contributed by atoms with van der Waals surface area (Å²) in [5, 5.41) is 10.3. The highest BCUT2D eigenvalue weighted by molar-refractivity contribution is 6.08. The fourth-order valence-corrected chi connectivity index (χ4v) is 3.39. The second-order valence-corrected chi connectivity index (χ2v) is 6.26. The number of aliphatic hydroxyl groups is 1. The van der Waals surface area contributed by atoms with Crippen molar-refractivity contribution >= 4 is 11.9 Å².